The number of para-hydroxylation sites is 1. The summed E-state index contributed by atoms with van der Waals surface area (Å²) in [7, 11) is 0. The molecular weight excluding hydrogens is 252 g/mol. The molecule has 4 heteroatoms. The van der Waals surface area contributed by atoms with Crippen molar-refractivity contribution in [1.82, 2.24) is 4.98 Å². The molecule has 1 saturated carbocycles. The zero-order valence-electron chi connectivity index (χ0n) is 11.6. The summed E-state index contributed by atoms with van der Waals surface area (Å²) in [6.45, 7) is 1.97. The molecule has 1 amide bonds. The number of carbonyl (C=O) groups excluding carboxylic acids is 1. The maximum atomic E-state index is 12.4. The maximum absolute atomic E-state index is 12.4. The number of aromatic nitrogens is 1. The topological polar surface area (TPSA) is 65.1 Å². The average molecular weight is 272 g/mol. The molecule has 0 unspecified atom stereocenters. The Hall–Kier alpha value is -1.81. The van der Waals surface area contributed by atoms with Crippen molar-refractivity contribution in [3.8, 4) is 0 Å². The predicted molar refractivity (Wildman–Crippen MR) is 79.6 cm³/mol. The Morgan fingerprint density at radius 3 is 2.70 bits per heavy atom. The molecule has 3 N–H and O–H groups in total. The van der Waals surface area contributed by atoms with E-state index in [1.165, 1.54) is 0 Å². The van der Waals surface area contributed by atoms with Crippen molar-refractivity contribution in [2.75, 3.05) is 5.32 Å². The van der Waals surface area contributed by atoms with E-state index < -0.39 is 0 Å². The van der Waals surface area contributed by atoms with Crippen molar-refractivity contribution in [2.45, 2.75) is 38.7 Å². The van der Waals surface area contributed by atoms with Crippen molar-refractivity contribution in [3.05, 3.63) is 30.0 Å². The lowest BCUT2D eigenvalue weighted by molar-refractivity contribution is -0.121. The first-order chi connectivity index (χ1) is 9.65. The number of aromatic amines is 1. The number of H-pyrrole nitrogens is 1. The summed E-state index contributed by atoms with van der Waals surface area (Å²) in [6, 6.07) is 7.97. The van der Waals surface area contributed by atoms with Crippen LogP contribution in [0.2, 0.25) is 0 Å². The SMILES string of the molecule is Cc1[nH]c2ccccc2c1NC(=O)C1CCC(O)CC1. The molecule has 1 aliphatic carbocycles. The van der Waals surface area contributed by atoms with E-state index in [9.17, 15) is 9.90 Å². The predicted octanol–water partition coefficient (Wildman–Crippen LogP) is 2.97. The molecule has 0 atom stereocenters. The number of nitrogens with one attached hydrogen (secondary N) is 2. The molecule has 1 aromatic heterocycles. The fraction of sp³-hybridized carbons (Fsp3) is 0.438. The highest BCUT2D eigenvalue weighted by molar-refractivity contribution is 6.03. The van der Waals surface area contributed by atoms with Crippen LogP contribution in [0, 0.1) is 12.8 Å². The molecule has 20 heavy (non-hydrogen) atoms. The average Bonchev–Trinajstić information content (AvgIpc) is 2.76. The second-order valence-electron chi connectivity index (χ2n) is 5.67. The number of aliphatic hydroxyl groups excluding tert-OH is 1. The molecule has 1 aromatic carbocycles. The van der Waals surface area contributed by atoms with Crippen LogP contribution in [0.5, 0.6) is 0 Å². The Bertz CT molecular complexity index is 624. The molecule has 0 bridgehead atoms. The number of aryl methyl sites for hydroxylation is 1. The van der Waals surface area contributed by atoms with Crippen LogP contribution in [0.1, 0.15) is 31.4 Å². The lowest BCUT2D eigenvalue weighted by atomic mass is 9.87. The molecule has 0 aliphatic heterocycles. The summed E-state index contributed by atoms with van der Waals surface area (Å²) < 4.78 is 0. The fourth-order valence-electron chi connectivity index (χ4n) is 3.00. The van der Waals surface area contributed by atoms with Gasteiger partial charge < -0.3 is 15.4 Å². The summed E-state index contributed by atoms with van der Waals surface area (Å²) in [5, 5.41) is 13.6. The first-order valence-electron chi connectivity index (χ1n) is 7.21. The van der Waals surface area contributed by atoms with Gasteiger partial charge >= 0.3 is 0 Å². The number of hydrogen-bond acceptors (Lipinski definition) is 2. The van der Waals surface area contributed by atoms with Crippen LogP contribution >= 0.6 is 0 Å². The van der Waals surface area contributed by atoms with E-state index in [4.69, 9.17) is 0 Å². The number of hydrogen-bond donors (Lipinski definition) is 3. The van der Waals surface area contributed by atoms with Crippen molar-refractivity contribution in [1.29, 1.82) is 0 Å². The molecule has 0 radical (unpaired) electrons. The Morgan fingerprint density at radius 1 is 1.25 bits per heavy atom. The van der Waals surface area contributed by atoms with Crippen molar-refractivity contribution >= 4 is 22.5 Å². The first-order valence-corrected chi connectivity index (χ1v) is 7.21. The van der Waals surface area contributed by atoms with Crippen LogP contribution in [0.25, 0.3) is 10.9 Å². The lowest BCUT2D eigenvalue weighted by Crippen LogP contribution is -2.28. The lowest BCUT2D eigenvalue weighted by Gasteiger charge is -2.24. The van der Waals surface area contributed by atoms with Gasteiger partial charge in [0.15, 0.2) is 0 Å². The number of fused-ring (bicyclic) bond motifs is 1. The molecule has 1 heterocycles. The summed E-state index contributed by atoms with van der Waals surface area (Å²) in [5.41, 5.74) is 2.91. The van der Waals surface area contributed by atoms with E-state index in [0.29, 0.717) is 0 Å². The van der Waals surface area contributed by atoms with Gasteiger partial charge in [-0.15, -0.1) is 0 Å². The van der Waals surface area contributed by atoms with Crippen molar-refractivity contribution in [3.63, 3.8) is 0 Å². The molecule has 2 aromatic rings. The number of benzene rings is 1. The van der Waals surface area contributed by atoms with Crippen molar-refractivity contribution < 1.29 is 9.90 Å². The molecule has 3 rings (SSSR count). The highest BCUT2D eigenvalue weighted by Crippen LogP contribution is 2.30. The fourth-order valence-corrected chi connectivity index (χ4v) is 3.00. The third-order valence-corrected chi connectivity index (χ3v) is 4.21. The van der Waals surface area contributed by atoms with E-state index >= 15 is 0 Å². The number of anilines is 1. The van der Waals surface area contributed by atoms with E-state index in [0.717, 1.165) is 48.0 Å². The van der Waals surface area contributed by atoms with Crippen LogP contribution in [0.15, 0.2) is 24.3 Å². The van der Waals surface area contributed by atoms with Gasteiger partial charge in [-0.25, -0.2) is 0 Å². The quantitative estimate of drug-likeness (QED) is 0.787. The number of carbonyl (C=O) groups is 1. The molecule has 0 saturated heterocycles. The first kappa shape index (κ1) is 13.2. The van der Waals surface area contributed by atoms with Crippen LogP contribution < -0.4 is 5.32 Å². The molecule has 0 spiro atoms. The Balaban J connectivity index is 1.79. The Kier molecular flexibility index (Phi) is 3.49. The maximum Gasteiger partial charge on any atom is 0.227 e. The number of aliphatic hydroxyl groups is 1. The van der Waals surface area contributed by atoms with Crippen LogP contribution in [-0.4, -0.2) is 22.1 Å². The second kappa shape index (κ2) is 5.29. The number of rotatable bonds is 2. The molecule has 106 valence electrons. The summed E-state index contributed by atoms with van der Waals surface area (Å²) in [6.07, 6.45) is 2.77. The van der Waals surface area contributed by atoms with Crippen LogP contribution in [0.4, 0.5) is 5.69 Å². The van der Waals surface area contributed by atoms with Gasteiger partial charge in [-0.2, -0.15) is 0 Å². The van der Waals surface area contributed by atoms with E-state index in [2.05, 4.69) is 10.3 Å². The standard InChI is InChI=1S/C16H20N2O2/c1-10-15(13-4-2-3-5-14(13)17-10)18-16(20)11-6-8-12(19)9-7-11/h2-5,11-12,17,19H,6-9H2,1H3,(H,18,20). The van der Waals surface area contributed by atoms with Gasteiger partial charge in [0.2, 0.25) is 5.91 Å². The van der Waals surface area contributed by atoms with Gasteiger partial charge in [0.05, 0.1) is 11.8 Å². The van der Waals surface area contributed by atoms with Gasteiger partial charge in [0.25, 0.3) is 0 Å². The normalized spacial score (nSPS) is 22.9. The summed E-state index contributed by atoms with van der Waals surface area (Å²) in [4.78, 5) is 15.6. The summed E-state index contributed by atoms with van der Waals surface area (Å²) >= 11 is 0. The monoisotopic (exact) mass is 272 g/mol. The minimum absolute atomic E-state index is 0.0199. The largest absolute Gasteiger partial charge is 0.393 e. The highest BCUT2D eigenvalue weighted by atomic mass is 16.3. The molecule has 4 nitrogen and oxygen atoms in total. The van der Waals surface area contributed by atoms with Gasteiger partial charge in [-0.1, -0.05) is 18.2 Å². The molecular formula is C16H20N2O2. The minimum Gasteiger partial charge on any atom is -0.393 e. The molecule has 1 fully saturated rings. The zero-order valence-corrected chi connectivity index (χ0v) is 11.6. The van der Waals surface area contributed by atoms with E-state index in [1.54, 1.807) is 0 Å². The number of amides is 1. The van der Waals surface area contributed by atoms with Crippen LogP contribution in [0.3, 0.4) is 0 Å². The third kappa shape index (κ3) is 2.43. The second-order valence-corrected chi connectivity index (χ2v) is 5.67. The highest BCUT2D eigenvalue weighted by Gasteiger charge is 2.26. The van der Waals surface area contributed by atoms with Gasteiger partial charge in [0.1, 0.15) is 0 Å². The van der Waals surface area contributed by atoms with Gasteiger partial charge in [-0.3, -0.25) is 4.79 Å². The summed E-state index contributed by atoms with van der Waals surface area (Å²) in [5.74, 6) is 0.0937. The zero-order chi connectivity index (χ0) is 14.1. The Morgan fingerprint density at radius 2 is 1.95 bits per heavy atom. The Labute approximate surface area is 118 Å². The van der Waals surface area contributed by atoms with Gasteiger partial charge in [0, 0.05) is 22.5 Å². The minimum atomic E-state index is -0.228. The smallest absolute Gasteiger partial charge is 0.227 e. The van der Waals surface area contributed by atoms with Crippen molar-refractivity contribution in [2.24, 2.45) is 5.92 Å². The molecule has 1 aliphatic rings. The third-order valence-electron chi connectivity index (χ3n) is 4.21. The van der Waals surface area contributed by atoms with Crippen LogP contribution in [-0.2, 0) is 4.79 Å². The van der Waals surface area contributed by atoms with Gasteiger partial charge in [-0.05, 0) is 38.7 Å². The van der Waals surface area contributed by atoms with E-state index in [1.807, 2.05) is 31.2 Å². The van der Waals surface area contributed by atoms with E-state index in [-0.39, 0.29) is 17.9 Å².